The molecule has 2 N–H and O–H groups in total. The van der Waals surface area contributed by atoms with Gasteiger partial charge in [-0.25, -0.2) is 4.79 Å². The molecule has 2 saturated heterocycles. The van der Waals surface area contributed by atoms with Crippen molar-refractivity contribution in [1.29, 1.82) is 0 Å². The third-order valence-corrected chi connectivity index (χ3v) is 4.82. The summed E-state index contributed by atoms with van der Waals surface area (Å²) in [7, 11) is 5.38. The maximum Gasteiger partial charge on any atom is 0.325 e. The van der Waals surface area contributed by atoms with Gasteiger partial charge in [0.25, 0.3) is 0 Å². The van der Waals surface area contributed by atoms with Gasteiger partial charge in [-0.15, -0.1) is 0 Å². The zero-order chi connectivity index (χ0) is 19.0. The van der Waals surface area contributed by atoms with E-state index in [0.29, 0.717) is 18.8 Å². The van der Waals surface area contributed by atoms with Crippen LogP contribution in [-0.2, 0) is 9.59 Å². The zero-order valence-electron chi connectivity index (χ0n) is 15.3. The Balaban J connectivity index is 1.82. The van der Waals surface area contributed by atoms with E-state index in [1.54, 1.807) is 46.0 Å². The molecule has 1 unspecified atom stereocenters. The first-order valence-corrected chi connectivity index (χ1v) is 8.55. The van der Waals surface area contributed by atoms with Crippen LogP contribution in [0.3, 0.4) is 0 Å². The normalized spacial score (nSPS) is 22.1. The van der Waals surface area contributed by atoms with Gasteiger partial charge in [0.15, 0.2) is 0 Å². The Hall–Kier alpha value is -2.61. The number of nitrogens with two attached hydrogens (primary N) is 1. The van der Waals surface area contributed by atoms with Gasteiger partial charge in [-0.2, -0.15) is 0 Å². The van der Waals surface area contributed by atoms with Crippen molar-refractivity contribution in [2.24, 2.45) is 5.73 Å². The average Bonchev–Trinajstić information content (AvgIpc) is 3.15. The van der Waals surface area contributed by atoms with E-state index in [2.05, 4.69) is 0 Å². The number of fused-ring (bicyclic) bond motifs is 1. The third kappa shape index (κ3) is 3.12. The van der Waals surface area contributed by atoms with Gasteiger partial charge in [-0.3, -0.25) is 14.5 Å². The summed E-state index contributed by atoms with van der Waals surface area (Å²) in [5, 5.41) is 0. The monoisotopic (exact) mass is 358 g/mol. The van der Waals surface area contributed by atoms with Crippen molar-refractivity contribution in [3.05, 3.63) is 30.7 Å². The Morgan fingerprint density at radius 1 is 1.19 bits per heavy atom. The van der Waals surface area contributed by atoms with Crippen molar-refractivity contribution in [3.8, 4) is 0 Å². The topological polar surface area (TPSA) is 90.2 Å². The molecule has 2 aliphatic heterocycles. The van der Waals surface area contributed by atoms with Crippen LogP contribution in [0.5, 0.6) is 0 Å². The summed E-state index contributed by atoms with van der Waals surface area (Å²) in [5.41, 5.74) is 6.88. The fourth-order valence-electron chi connectivity index (χ4n) is 3.52. The highest BCUT2D eigenvalue weighted by molar-refractivity contribution is 6.04. The van der Waals surface area contributed by atoms with E-state index >= 15 is 0 Å². The summed E-state index contributed by atoms with van der Waals surface area (Å²) in [6, 6.07) is 5.82. The highest BCUT2D eigenvalue weighted by atomic mass is 16.2. The Bertz CT molecular complexity index is 718. The minimum atomic E-state index is -0.705. The third-order valence-electron chi connectivity index (χ3n) is 4.82. The second-order valence-corrected chi connectivity index (χ2v) is 6.92. The first-order valence-electron chi connectivity index (χ1n) is 8.55. The van der Waals surface area contributed by atoms with E-state index in [0.717, 1.165) is 12.1 Å². The fourth-order valence-corrected chi connectivity index (χ4v) is 3.52. The molecule has 0 bridgehead atoms. The molecule has 8 nitrogen and oxygen atoms in total. The molecule has 2 heterocycles. The molecule has 8 heteroatoms. The number of anilines is 2. The Labute approximate surface area is 153 Å². The Morgan fingerprint density at radius 2 is 1.85 bits per heavy atom. The van der Waals surface area contributed by atoms with Gasteiger partial charge >= 0.3 is 6.03 Å². The molecule has 2 aliphatic rings. The first-order chi connectivity index (χ1) is 12.3. The molecule has 4 amide bonds. The molecule has 0 aliphatic carbocycles. The summed E-state index contributed by atoms with van der Waals surface area (Å²) >= 11 is 0. The second-order valence-electron chi connectivity index (χ2n) is 6.92. The number of benzene rings is 1. The predicted octanol–water partition coefficient (Wildman–Crippen LogP) is 0.283. The van der Waals surface area contributed by atoms with Crippen LogP contribution in [0.4, 0.5) is 16.2 Å². The van der Waals surface area contributed by atoms with Gasteiger partial charge in [0.1, 0.15) is 6.04 Å². The van der Waals surface area contributed by atoms with E-state index in [1.807, 2.05) is 20.5 Å². The summed E-state index contributed by atoms with van der Waals surface area (Å²) < 4.78 is 0. The van der Waals surface area contributed by atoms with Crippen LogP contribution in [0.25, 0.3) is 0 Å². The largest absolute Gasteiger partial charge is 0.368 e. The van der Waals surface area contributed by atoms with Gasteiger partial charge in [0.2, 0.25) is 11.8 Å². The molecule has 2 atom stereocenters. The number of carbonyl (C=O) groups is 3. The van der Waals surface area contributed by atoms with Crippen LogP contribution >= 0.6 is 0 Å². The molecule has 2 fully saturated rings. The Morgan fingerprint density at radius 3 is 2.42 bits per heavy atom. The summed E-state index contributed by atoms with van der Waals surface area (Å²) in [4.78, 5) is 43.3. The van der Waals surface area contributed by atoms with Crippen molar-refractivity contribution in [3.63, 3.8) is 0 Å². The number of hydrogen-bond donors (Lipinski definition) is 1. The Kier molecular flexibility index (Phi) is 4.86. The number of hydrogen-bond acceptors (Lipinski definition) is 4. The van der Waals surface area contributed by atoms with Crippen molar-refractivity contribution in [2.45, 2.75) is 18.5 Å². The molecule has 139 valence electrons. The second kappa shape index (κ2) is 6.95. The van der Waals surface area contributed by atoms with Crippen molar-refractivity contribution in [1.82, 2.24) is 9.80 Å². The lowest BCUT2D eigenvalue weighted by atomic mass is 10.1. The number of rotatable bonds is 5. The maximum absolute atomic E-state index is 12.7. The van der Waals surface area contributed by atoms with E-state index < -0.39 is 11.9 Å². The number of nitrogens with zero attached hydrogens (tertiary/aromatic N) is 4. The minimum Gasteiger partial charge on any atom is -0.368 e. The lowest BCUT2D eigenvalue weighted by molar-refractivity contribution is -0.120. The highest BCUT2D eigenvalue weighted by Crippen LogP contribution is 2.35. The molecule has 0 spiro atoms. The van der Waals surface area contributed by atoms with E-state index in [9.17, 15) is 14.4 Å². The van der Waals surface area contributed by atoms with Gasteiger partial charge in [0, 0.05) is 25.0 Å². The average molecular weight is 358 g/mol. The first kappa shape index (κ1) is 18.2. The van der Waals surface area contributed by atoms with Crippen LogP contribution in [-0.4, -0.2) is 74.0 Å². The number of urea groups is 1. The number of primary amides is 1. The summed E-state index contributed by atoms with van der Waals surface area (Å²) in [6.07, 6.45) is 2.74. The number of amides is 4. The molecule has 0 aromatic heterocycles. The van der Waals surface area contributed by atoms with Crippen LogP contribution in [0.2, 0.25) is 0 Å². The molecular weight excluding hydrogens is 334 g/mol. The van der Waals surface area contributed by atoms with E-state index in [1.165, 1.54) is 4.90 Å². The number of carbonyl (C=O) groups excluding carboxylic acids is 3. The molecule has 1 radical (unpaired) electrons. The summed E-state index contributed by atoms with van der Waals surface area (Å²) in [6.45, 7) is 0.905. The van der Waals surface area contributed by atoms with Gasteiger partial charge in [-0.1, -0.05) is 0 Å². The molecule has 1 aromatic carbocycles. The molecular formula is C18H24N5O3. The van der Waals surface area contributed by atoms with Crippen LogP contribution < -0.4 is 15.5 Å². The summed E-state index contributed by atoms with van der Waals surface area (Å²) in [5.74, 6) is -0.559. The van der Waals surface area contributed by atoms with Crippen LogP contribution in [0, 0.1) is 6.42 Å². The molecule has 26 heavy (non-hydrogen) atoms. The SMILES string of the molecule is CN(C)CC(=O)N(C)c1ccc(N2C(=O)N3CC[CH][C@@H]3C2C(N)=O)cc1. The van der Waals surface area contributed by atoms with Gasteiger partial charge < -0.3 is 20.4 Å². The van der Waals surface area contributed by atoms with Crippen molar-refractivity contribution < 1.29 is 14.4 Å². The zero-order valence-corrected chi connectivity index (χ0v) is 15.3. The van der Waals surface area contributed by atoms with Crippen molar-refractivity contribution >= 4 is 29.2 Å². The standard InChI is InChI=1S/C18H24N5O3/c1-20(2)11-15(24)21(3)12-6-8-13(9-7-12)23-16(17(19)25)14-5-4-10-22(14)18(23)26/h5-9,14,16H,4,10-11H2,1-3H3,(H2,19,25)/t14-,16?/m1/s1. The molecule has 0 saturated carbocycles. The quantitative estimate of drug-likeness (QED) is 0.819. The van der Waals surface area contributed by atoms with Crippen LogP contribution in [0.1, 0.15) is 6.42 Å². The smallest absolute Gasteiger partial charge is 0.325 e. The predicted molar refractivity (Wildman–Crippen MR) is 98.7 cm³/mol. The van der Waals surface area contributed by atoms with E-state index in [-0.39, 0.29) is 18.0 Å². The maximum atomic E-state index is 12.7. The van der Waals surface area contributed by atoms with Gasteiger partial charge in [0.05, 0.1) is 12.6 Å². The lowest BCUT2D eigenvalue weighted by Crippen LogP contribution is -2.46. The molecule has 1 aromatic rings. The van der Waals surface area contributed by atoms with Crippen molar-refractivity contribution in [2.75, 3.05) is 44.0 Å². The van der Waals surface area contributed by atoms with Crippen LogP contribution in [0.15, 0.2) is 24.3 Å². The lowest BCUT2D eigenvalue weighted by Gasteiger charge is -2.24. The van der Waals surface area contributed by atoms with Gasteiger partial charge in [-0.05, 0) is 51.2 Å². The highest BCUT2D eigenvalue weighted by Gasteiger charge is 2.51. The number of likely N-dealkylation sites (N-methyl/N-ethyl adjacent to an activating group) is 2. The minimum absolute atomic E-state index is 0.0368. The molecule has 3 rings (SSSR count). The van der Waals surface area contributed by atoms with E-state index in [4.69, 9.17) is 5.73 Å². The fraction of sp³-hybridized carbons (Fsp3) is 0.444.